The molecule has 0 fully saturated rings. The fourth-order valence-corrected chi connectivity index (χ4v) is 6.02. The number of amides is 2. The summed E-state index contributed by atoms with van der Waals surface area (Å²) in [7, 11) is -3.84. The molecule has 2 amide bonds. The summed E-state index contributed by atoms with van der Waals surface area (Å²) >= 11 is 0. The number of aromatic nitrogens is 2. The molecule has 4 rings (SSSR count). The van der Waals surface area contributed by atoms with Gasteiger partial charge in [-0.15, -0.1) is 0 Å². The molecule has 0 radical (unpaired) electrons. The van der Waals surface area contributed by atoms with E-state index in [2.05, 4.69) is 15.6 Å². The minimum Gasteiger partial charge on any atom is -0.444 e. The van der Waals surface area contributed by atoms with Crippen molar-refractivity contribution in [2.75, 3.05) is 5.32 Å². The molecular formula is C31H36N4O5S. The Hall–Kier alpha value is -4.18. The van der Waals surface area contributed by atoms with Gasteiger partial charge in [0.1, 0.15) is 11.6 Å². The van der Waals surface area contributed by atoms with Crippen LogP contribution in [0.4, 0.5) is 10.5 Å². The first-order valence-electron chi connectivity index (χ1n) is 13.3. The number of fused-ring (bicyclic) bond motifs is 1. The second-order valence-electron chi connectivity index (χ2n) is 12.0. The third-order valence-corrected chi connectivity index (χ3v) is 8.18. The standard InChI is InChI=1S/C31H36N4O5S/c1-20-19-25-24(17-18-32-27(25)35(20)41(38,39)23-11-9-8-10-12-23)21-13-15-22(16-14-21)33-28(36)26(30(2,3)4)34-29(37)40-31(5,6)7/h8-19,26H,1-7H3,(H,33,36)(H,34,37)/t26-/m1/s1. The van der Waals surface area contributed by atoms with Gasteiger partial charge in [0.25, 0.3) is 10.0 Å². The quantitative estimate of drug-likeness (QED) is 0.285. The molecule has 0 aliphatic heterocycles. The molecular weight excluding hydrogens is 540 g/mol. The minimum absolute atomic E-state index is 0.183. The molecule has 216 valence electrons. The van der Waals surface area contributed by atoms with Crippen LogP contribution >= 0.6 is 0 Å². The van der Waals surface area contributed by atoms with Crippen LogP contribution in [-0.4, -0.2) is 41.0 Å². The first kappa shape index (κ1) is 29.8. The zero-order valence-corrected chi connectivity index (χ0v) is 25.2. The molecule has 10 heteroatoms. The number of rotatable bonds is 6. The molecule has 1 atom stereocenters. The van der Waals surface area contributed by atoms with E-state index in [9.17, 15) is 18.0 Å². The van der Waals surface area contributed by atoms with Gasteiger partial charge in [-0.25, -0.2) is 22.2 Å². The van der Waals surface area contributed by atoms with E-state index >= 15 is 0 Å². The van der Waals surface area contributed by atoms with Crippen LogP contribution in [-0.2, 0) is 19.6 Å². The van der Waals surface area contributed by atoms with E-state index in [-0.39, 0.29) is 10.8 Å². The van der Waals surface area contributed by atoms with Gasteiger partial charge in [-0.3, -0.25) is 4.79 Å². The number of alkyl carbamates (subject to hydrolysis) is 1. The molecule has 2 aromatic carbocycles. The van der Waals surface area contributed by atoms with Gasteiger partial charge in [-0.2, -0.15) is 0 Å². The molecule has 2 N–H and O–H groups in total. The predicted molar refractivity (Wildman–Crippen MR) is 160 cm³/mol. The lowest BCUT2D eigenvalue weighted by Crippen LogP contribution is -2.52. The van der Waals surface area contributed by atoms with Crippen LogP contribution in [0.15, 0.2) is 77.8 Å². The topological polar surface area (TPSA) is 119 Å². The van der Waals surface area contributed by atoms with Gasteiger partial charge >= 0.3 is 6.09 Å². The lowest BCUT2D eigenvalue weighted by Gasteiger charge is -2.31. The molecule has 4 aromatic rings. The van der Waals surface area contributed by atoms with E-state index in [0.717, 1.165) is 11.1 Å². The van der Waals surface area contributed by atoms with Crippen LogP contribution in [0.2, 0.25) is 0 Å². The fourth-order valence-electron chi connectivity index (χ4n) is 4.50. The summed E-state index contributed by atoms with van der Waals surface area (Å²) in [6, 6.07) is 18.3. The number of benzene rings is 2. The number of carbonyl (C=O) groups is 2. The summed E-state index contributed by atoms with van der Waals surface area (Å²) in [4.78, 5) is 30.2. The molecule has 0 bridgehead atoms. The maximum atomic E-state index is 13.4. The summed E-state index contributed by atoms with van der Waals surface area (Å²) in [5.74, 6) is -0.374. The zero-order chi connectivity index (χ0) is 30.2. The molecule has 0 aliphatic rings. The van der Waals surface area contributed by atoms with Crippen molar-refractivity contribution in [3.63, 3.8) is 0 Å². The highest BCUT2D eigenvalue weighted by Gasteiger charge is 2.34. The molecule has 0 saturated heterocycles. The molecule has 2 aromatic heterocycles. The summed E-state index contributed by atoms with van der Waals surface area (Å²) in [6.45, 7) is 12.6. The van der Waals surface area contributed by atoms with E-state index in [0.29, 0.717) is 22.4 Å². The van der Waals surface area contributed by atoms with Crippen LogP contribution in [0.5, 0.6) is 0 Å². The molecule has 0 saturated carbocycles. The van der Waals surface area contributed by atoms with Crippen molar-refractivity contribution < 1.29 is 22.7 Å². The summed E-state index contributed by atoms with van der Waals surface area (Å²) in [5.41, 5.74) is 1.78. The molecule has 41 heavy (non-hydrogen) atoms. The predicted octanol–water partition coefficient (Wildman–Crippen LogP) is 6.13. The molecule has 0 spiro atoms. The van der Waals surface area contributed by atoms with Crippen LogP contribution in [0.25, 0.3) is 22.2 Å². The average molecular weight is 577 g/mol. The Morgan fingerprint density at radius 1 is 0.927 bits per heavy atom. The van der Waals surface area contributed by atoms with Gasteiger partial charge in [0.2, 0.25) is 5.91 Å². The number of pyridine rings is 1. The van der Waals surface area contributed by atoms with Crippen molar-refractivity contribution in [1.82, 2.24) is 14.3 Å². The summed E-state index contributed by atoms with van der Waals surface area (Å²) in [5, 5.41) is 6.26. The number of anilines is 1. The van der Waals surface area contributed by atoms with Crippen molar-refractivity contribution in [3.05, 3.63) is 78.6 Å². The van der Waals surface area contributed by atoms with E-state index in [4.69, 9.17) is 4.74 Å². The van der Waals surface area contributed by atoms with Gasteiger partial charge < -0.3 is 15.4 Å². The smallest absolute Gasteiger partial charge is 0.408 e. The normalized spacial score (nSPS) is 13.0. The van der Waals surface area contributed by atoms with Gasteiger partial charge in [0, 0.05) is 23.0 Å². The summed E-state index contributed by atoms with van der Waals surface area (Å²) < 4.78 is 33.5. The Balaban J connectivity index is 1.60. The van der Waals surface area contributed by atoms with Gasteiger partial charge in [-0.1, -0.05) is 51.1 Å². The van der Waals surface area contributed by atoms with Crippen molar-refractivity contribution >= 4 is 38.7 Å². The molecule has 2 heterocycles. The Kier molecular flexibility index (Phi) is 8.00. The number of nitrogens with one attached hydrogen (secondary N) is 2. The Morgan fingerprint density at radius 3 is 2.15 bits per heavy atom. The van der Waals surface area contributed by atoms with Gasteiger partial charge in [-0.05, 0) is 80.6 Å². The number of carbonyl (C=O) groups excluding carboxylic acids is 2. The van der Waals surface area contributed by atoms with Crippen LogP contribution in [0.3, 0.4) is 0 Å². The Labute approximate surface area is 241 Å². The molecule has 0 aliphatic carbocycles. The van der Waals surface area contributed by atoms with Crippen LogP contribution < -0.4 is 10.6 Å². The van der Waals surface area contributed by atoms with Gasteiger partial charge in [0.05, 0.1) is 4.90 Å². The molecule has 0 unspecified atom stereocenters. The van der Waals surface area contributed by atoms with Crippen molar-refractivity contribution in [2.45, 2.75) is 65.0 Å². The number of hydrogen-bond donors (Lipinski definition) is 2. The van der Waals surface area contributed by atoms with Crippen molar-refractivity contribution in [2.24, 2.45) is 5.41 Å². The van der Waals surface area contributed by atoms with Crippen molar-refractivity contribution in [3.8, 4) is 11.1 Å². The molecule has 9 nitrogen and oxygen atoms in total. The van der Waals surface area contributed by atoms with E-state index in [1.165, 1.54) is 3.97 Å². The third-order valence-electron chi connectivity index (χ3n) is 6.37. The number of aryl methyl sites for hydroxylation is 1. The number of hydrogen-bond acceptors (Lipinski definition) is 6. The minimum atomic E-state index is -3.84. The first-order valence-corrected chi connectivity index (χ1v) is 14.7. The van der Waals surface area contributed by atoms with Crippen molar-refractivity contribution in [1.29, 1.82) is 0 Å². The van der Waals surface area contributed by atoms with Crippen LogP contribution in [0.1, 0.15) is 47.2 Å². The second-order valence-corrected chi connectivity index (χ2v) is 13.8. The second kappa shape index (κ2) is 11.0. The highest BCUT2D eigenvalue weighted by atomic mass is 32.2. The fraction of sp³-hybridized carbons (Fsp3) is 0.323. The number of ether oxygens (including phenoxy) is 1. The highest BCUT2D eigenvalue weighted by Crippen LogP contribution is 2.32. The summed E-state index contributed by atoms with van der Waals surface area (Å²) in [6.07, 6.45) is 0.918. The Bertz CT molecular complexity index is 1680. The maximum Gasteiger partial charge on any atom is 0.408 e. The Morgan fingerprint density at radius 2 is 1.56 bits per heavy atom. The number of nitrogens with zero attached hydrogens (tertiary/aromatic N) is 2. The highest BCUT2D eigenvalue weighted by molar-refractivity contribution is 7.90. The van der Waals surface area contributed by atoms with Crippen LogP contribution in [0, 0.1) is 12.3 Å². The lowest BCUT2D eigenvalue weighted by atomic mass is 9.86. The average Bonchev–Trinajstić information content (AvgIpc) is 3.23. The zero-order valence-electron chi connectivity index (χ0n) is 24.3. The lowest BCUT2D eigenvalue weighted by molar-refractivity contribution is -0.120. The first-order chi connectivity index (χ1) is 19.1. The SMILES string of the molecule is Cc1cc2c(-c3ccc(NC(=O)[C@@H](NC(=O)OC(C)(C)C)C(C)(C)C)cc3)ccnc2n1S(=O)(=O)c1ccccc1. The van der Waals surface area contributed by atoms with E-state index in [1.54, 1.807) is 76.4 Å². The third kappa shape index (κ3) is 6.59. The maximum absolute atomic E-state index is 13.4. The monoisotopic (exact) mass is 576 g/mol. The largest absolute Gasteiger partial charge is 0.444 e. The van der Waals surface area contributed by atoms with E-state index in [1.807, 2.05) is 45.0 Å². The van der Waals surface area contributed by atoms with Gasteiger partial charge in [0.15, 0.2) is 5.65 Å². The van der Waals surface area contributed by atoms with E-state index < -0.39 is 33.2 Å².